The molecule has 3 fully saturated rings. The van der Waals surface area contributed by atoms with Gasteiger partial charge in [-0.1, -0.05) is 0 Å². The van der Waals surface area contributed by atoms with Gasteiger partial charge in [0.15, 0.2) is 0 Å². The first kappa shape index (κ1) is 22.4. The first-order valence-corrected chi connectivity index (χ1v) is 12.0. The summed E-state index contributed by atoms with van der Waals surface area (Å²) in [5, 5.41) is 6.44. The standard InChI is InChI=1S/C24H31N7O3/c25-21(32)20-15-26-24(29-22(20)27-17-1-2-17)28-18-3-5-19(6-4-18)30-9-7-16(8-10-30)23(33)31-11-13-34-14-12-31/h3-6,15-17H,1-2,7-14H2,(H2,25,32)(H2,26,27,28,29). The first-order valence-electron chi connectivity index (χ1n) is 12.0. The van der Waals surface area contributed by atoms with Crippen LogP contribution < -0.4 is 21.3 Å². The summed E-state index contributed by atoms with van der Waals surface area (Å²) in [5.74, 6) is 0.714. The maximum atomic E-state index is 12.8. The molecule has 3 aliphatic rings. The summed E-state index contributed by atoms with van der Waals surface area (Å²) < 4.78 is 5.36. The van der Waals surface area contributed by atoms with Crippen LogP contribution in [0.25, 0.3) is 0 Å². The minimum Gasteiger partial charge on any atom is -0.378 e. The Morgan fingerprint density at radius 1 is 1.00 bits per heavy atom. The van der Waals surface area contributed by atoms with Crippen molar-refractivity contribution in [3.8, 4) is 0 Å². The van der Waals surface area contributed by atoms with Gasteiger partial charge in [-0.25, -0.2) is 4.98 Å². The highest BCUT2D eigenvalue weighted by Crippen LogP contribution is 2.28. The Balaban J connectivity index is 1.17. The zero-order chi connectivity index (χ0) is 23.5. The van der Waals surface area contributed by atoms with Crippen LogP contribution in [-0.4, -0.2) is 72.1 Å². The third-order valence-electron chi connectivity index (χ3n) is 6.63. The molecule has 1 aromatic heterocycles. The van der Waals surface area contributed by atoms with Crippen LogP contribution in [0.15, 0.2) is 30.5 Å². The van der Waals surface area contributed by atoms with E-state index in [9.17, 15) is 9.59 Å². The average molecular weight is 466 g/mol. The monoisotopic (exact) mass is 465 g/mol. The van der Waals surface area contributed by atoms with Crippen LogP contribution in [0.2, 0.25) is 0 Å². The Labute approximate surface area is 198 Å². The number of carbonyl (C=O) groups is 2. The topological polar surface area (TPSA) is 126 Å². The number of carbonyl (C=O) groups excluding carboxylic acids is 2. The number of aromatic nitrogens is 2. The Morgan fingerprint density at radius 2 is 1.71 bits per heavy atom. The lowest BCUT2D eigenvalue weighted by Crippen LogP contribution is -2.46. The fourth-order valence-corrected chi connectivity index (χ4v) is 4.46. The van der Waals surface area contributed by atoms with Crippen molar-refractivity contribution in [3.05, 3.63) is 36.0 Å². The number of morpholine rings is 1. The predicted octanol–water partition coefficient (Wildman–Crippen LogP) is 1.97. The van der Waals surface area contributed by atoms with Gasteiger partial charge in [-0.05, 0) is 49.9 Å². The fourth-order valence-electron chi connectivity index (χ4n) is 4.46. The number of nitrogens with one attached hydrogen (secondary N) is 2. The SMILES string of the molecule is NC(=O)c1cnc(Nc2ccc(N3CCC(C(=O)N4CCOCC4)CC3)cc2)nc1NC1CC1. The van der Waals surface area contributed by atoms with Crippen molar-refractivity contribution in [3.63, 3.8) is 0 Å². The molecule has 2 amide bonds. The second kappa shape index (κ2) is 9.84. The van der Waals surface area contributed by atoms with Crippen molar-refractivity contribution < 1.29 is 14.3 Å². The molecule has 3 heterocycles. The largest absolute Gasteiger partial charge is 0.378 e. The van der Waals surface area contributed by atoms with Gasteiger partial charge in [0.2, 0.25) is 11.9 Å². The lowest BCUT2D eigenvalue weighted by atomic mass is 9.94. The van der Waals surface area contributed by atoms with Gasteiger partial charge in [-0.3, -0.25) is 9.59 Å². The number of nitrogens with two attached hydrogens (primary N) is 1. The Bertz CT molecular complexity index is 1030. The third-order valence-corrected chi connectivity index (χ3v) is 6.63. The molecule has 4 N–H and O–H groups in total. The van der Waals surface area contributed by atoms with Crippen molar-refractivity contribution in [1.82, 2.24) is 14.9 Å². The molecular weight excluding hydrogens is 434 g/mol. The highest BCUT2D eigenvalue weighted by Gasteiger charge is 2.29. The normalized spacial score (nSPS) is 19.1. The number of anilines is 4. The Morgan fingerprint density at radius 3 is 2.35 bits per heavy atom. The van der Waals surface area contributed by atoms with Crippen molar-refractivity contribution >= 4 is 35.0 Å². The lowest BCUT2D eigenvalue weighted by Gasteiger charge is -2.36. The van der Waals surface area contributed by atoms with E-state index in [1.165, 1.54) is 6.20 Å². The maximum absolute atomic E-state index is 12.8. The Kier molecular flexibility index (Phi) is 6.48. The van der Waals surface area contributed by atoms with Gasteiger partial charge in [-0.15, -0.1) is 0 Å². The number of benzene rings is 1. The van der Waals surface area contributed by atoms with Crippen molar-refractivity contribution in [2.24, 2.45) is 11.7 Å². The van der Waals surface area contributed by atoms with Gasteiger partial charge in [0.05, 0.1) is 18.8 Å². The van der Waals surface area contributed by atoms with E-state index in [4.69, 9.17) is 10.5 Å². The number of piperidine rings is 1. The Hall–Kier alpha value is -3.40. The van der Waals surface area contributed by atoms with Crippen molar-refractivity contribution in [2.45, 2.75) is 31.7 Å². The summed E-state index contributed by atoms with van der Waals surface area (Å²) in [7, 11) is 0. The predicted molar refractivity (Wildman–Crippen MR) is 129 cm³/mol. The van der Waals surface area contributed by atoms with Gasteiger partial charge in [0, 0.05) is 55.7 Å². The second-order valence-corrected chi connectivity index (χ2v) is 9.11. The maximum Gasteiger partial charge on any atom is 0.254 e. The van der Waals surface area contributed by atoms with E-state index in [1.54, 1.807) is 0 Å². The van der Waals surface area contributed by atoms with E-state index in [0.29, 0.717) is 49.7 Å². The molecule has 2 aromatic rings. The molecule has 180 valence electrons. The number of nitrogens with zero attached hydrogens (tertiary/aromatic N) is 4. The zero-order valence-electron chi connectivity index (χ0n) is 19.2. The van der Waals surface area contributed by atoms with E-state index in [0.717, 1.165) is 50.1 Å². The molecule has 34 heavy (non-hydrogen) atoms. The summed E-state index contributed by atoms with van der Waals surface area (Å²) in [4.78, 5) is 37.4. The molecule has 0 radical (unpaired) electrons. The highest BCUT2D eigenvalue weighted by atomic mass is 16.5. The van der Waals surface area contributed by atoms with Gasteiger partial charge >= 0.3 is 0 Å². The van der Waals surface area contributed by atoms with Crippen LogP contribution in [-0.2, 0) is 9.53 Å². The summed E-state index contributed by atoms with van der Waals surface area (Å²) in [6.07, 6.45) is 5.31. The fraction of sp³-hybridized carbons (Fsp3) is 0.500. The van der Waals surface area contributed by atoms with Crippen molar-refractivity contribution in [2.75, 3.05) is 54.9 Å². The van der Waals surface area contributed by atoms with E-state index in [-0.39, 0.29) is 11.8 Å². The van der Waals surface area contributed by atoms with Crippen molar-refractivity contribution in [1.29, 1.82) is 0 Å². The molecule has 0 unspecified atom stereocenters. The van der Waals surface area contributed by atoms with Gasteiger partial charge in [0.1, 0.15) is 5.82 Å². The van der Waals surface area contributed by atoms with Crippen LogP contribution in [0.4, 0.5) is 23.1 Å². The quantitative estimate of drug-likeness (QED) is 0.567. The van der Waals surface area contributed by atoms with Crippen LogP contribution in [0.5, 0.6) is 0 Å². The minimum atomic E-state index is -0.547. The van der Waals surface area contributed by atoms with E-state index < -0.39 is 5.91 Å². The molecule has 1 aromatic carbocycles. The van der Waals surface area contributed by atoms with Crippen LogP contribution in [0.3, 0.4) is 0 Å². The molecule has 1 saturated carbocycles. The third kappa shape index (κ3) is 5.22. The molecule has 1 aliphatic carbocycles. The van der Waals surface area contributed by atoms with Gasteiger partial charge < -0.3 is 30.9 Å². The van der Waals surface area contributed by atoms with Crippen LogP contribution in [0, 0.1) is 5.92 Å². The molecule has 10 heteroatoms. The molecule has 5 rings (SSSR count). The smallest absolute Gasteiger partial charge is 0.254 e. The van der Waals surface area contributed by atoms with Gasteiger partial charge in [0.25, 0.3) is 5.91 Å². The molecule has 0 spiro atoms. The number of rotatable bonds is 7. The molecule has 10 nitrogen and oxygen atoms in total. The highest BCUT2D eigenvalue weighted by molar-refractivity contribution is 5.97. The van der Waals surface area contributed by atoms with Crippen LogP contribution >= 0.6 is 0 Å². The average Bonchev–Trinajstić information content (AvgIpc) is 3.69. The summed E-state index contributed by atoms with van der Waals surface area (Å²) >= 11 is 0. The summed E-state index contributed by atoms with van der Waals surface area (Å²) in [5.41, 5.74) is 7.73. The minimum absolute atomic E-state index is 0.106. The molecule has 2 aliphatic heterocycles. The number of ether oxygens (including phenoxy) is 1. The number of primary amides is 1. The summed E-state index contributed by atoms with van der Waals surface area (Å²) in [6.45, 7) is 4.43. The van der Waals surface area contributed by atoms with E-state index >= 15 is 0 Å². The summed E-state index contributed by atoms with van der Waals surface area (Å²) in [6, 6.07) is 8.44. The zero-order valence-corrected chi connectivity index (χ0v) is 19.2. The van der Waals surface area contributed by atoms with Crippen LogP contribution in [0.1, 0.15) is 36.0 Å². The van der Waals surface area contributed by atoms with E-state index in [1.807, 2.05) is 17.0 Å². The van der Waals surface area contributed by atoms with E-state index in [2.05, 4.69) is 37.6 Å². The number of hydrogen-bond acceptors (Lipinski definition) is 8. The molecule has 2 saturated heterocycles. The van der Waals surface area contributed by atoms with Gasteiger partial charge in [-0.2, -0.15) is 4.98 Å². The molecule has 0 atom stereocenters. The lowest BCUT2D eigenvalue weighted by molar-refractivity contribution is -0.140. The number of amides is 2. The second-order valence-electron chi connectivity index (χ2n) is 9.11. The molecule has 0 bridgehead atoms. The molecular formula is C24H31N7O3. The first-order chi connectivity index (χ1) is 16.6. The number of hydrogen-bond donors (Lipinski definition) is 3.